The summed E-state index contributed by atoms with van der Waals surface area (Å²) >= 11 is 1.19. The number of ketones is 1. The fourth-order valence-electron chi connectivity index (χ4n) is 2.79. The molecule has 27 heavy (non-hydrogen) atoms. The number of carbonyl (C=O) groups excluding carboxylic acids is 1. The molecule has 2 N–H and O–H groups in total. The number of hydrogen-bond acceptors (Lipinski definition) is 7. The molecule has 1 aromatic carbocycles. The minimum Gasteiger partial charge on any atom is -0.384 e. The number of sulfone groups is 1. The molecular weight excluding hydrogens is 386 g/mol. The lowest BCUT2D eigenvalue weighted by atomic mass is 10.1. The normalized spacial score (nSPS) is 14.4. The minimum absolute atomic E-state index is 0.129. The molecule has 0 aliphatic heterocycles. The lowest BCUT2D eigenvalue weighted by Gasteiger charge is -2.06. The third kappa shape index (κ3) is 3.00. The van der Waals surface area contributed by atoms with Crippen LogP contribution >= 0.6 is 11.3 Å². The number of rotatable bonds is 2. The molecule has 136 valence electrons. The first-order valence-electron chi connectivity index (χ1n) is 7.81. The molecule has 2 heterocycles. The van der Waals surface area contributed by atoms with E-state index in [4.69, 9.17) is 5.73 Å². The van der Waals surface area contributed by atoms with Gasteiger partial charge in [0.25, 0.3) is 5.56 Å². The van der Waals surface area contributed by atoms with E-state index < -0.39 is 15.4 Å². The third-order valence-corrected chi connectivity index (χ3v) is 6.24. The zero-order valence-electron chi connectivity index (χ0n) is 14.0. The lowest BCUT2D eigenvalue weighted by molar-refractivity contribution is -0.110. The molecule has 0 atom stereocenters. The van der Waals surface area contributed by atoms with Crippen LogP contribution in [0.15, 0.2) is 57.8 Å². The molecular formula is C18H13N3O4S2. The monoisotopic (exact) mass is 399 g/mol. The summed E-state index contributed by atoms with van der Waals surface area (Å²) in [5.74, 6) is 0.0745. The molecule has 0 fully saturated rings. The summed E-state index contributed by atoms with van der Waals surface area (Å²) in [6.07, 6.45) is 8.71. The van der Waals surface area contributed by atoms with Crippen molar-refractivity contribution in [3.05, 3.63) is 64.0 Å². The Kier molecular flexibility index (Phi) is 3.86. The molecule has 0 saturated carbocycles. The molecule has 0 unspecified atom stereocenters. The first-order valence-corrected chi connectivity index (χ1v) is 10.5. The van der Waals surface area contributed by atoms with Crippen LogP contribution in [0.2, 0.25) is 0 Å². The number of fused-ring (bicyclic) bond motifs is 3. The zero-order chi connectivity index (χ0) is 19.3. The van der Waals surface area contributed by atoms with Gasteiger partial charge in [0.05, 0.1) is 20.7 Å². The third-order valence-electron chi connectivity index (χ3n) is 4.13. The molecule has 0 amide bonds. The predicted molar refractivity (Wildman–Crippen MR) is 106 cm³/mol. The van der Waals surface area contributed by atoms with E-state index in [1.54, 1.807) is 34.8 Å². The molecule has 0 saturated heterocycles. The maximum Gasteiger partial charge on any atom is 0.283 e. The largest absolute Gasteiger partial charge is 0.384 e. The van der Waals surface area contributed by atoms with Crippen LogP contribution in [0.5, 0.6) is 0 Å². The zero-order valence-corrected chi connectivity index (χ0v) is 15.7. The molecule has 0 radical (unpaired) electrons. The molecule has 1 aliphatic carbocycles. The standard InChI is InChI=1S/C18H13N3O4S2/c1-27(24,25)12-6-7-14-15(9-12)26-18-20-17(23)13(16(19)21(14)18)8-10-2-4-11(22)5-3-10/h2-9H,19H2,1H3. The molecule has 2 aromatic heterocycles. The molecule has 9 heteroatoms. The number of allylic oxidation sites excluding steroid dienone is 5. The number of nitrogen functional groups attached to an aromatic ring is 1. The Morgan fingerprint density at radius 3 is 2.52 bits per heavy atom. The summed E-state index contributed by atoms with van der Waals surface area (Å²) in [6.45, 7) is 0. The van der Waals surface area contributed by atoms with E-state index in [0.29, 0.717) is 20.8 Å². The van der Waals surface area contributed by atoms with Gasteiger partial charge in [0, 0.05) is 6.26 Å². The Morgan fingerprint density at radius 2 is 1.85 bits per heavy atom. The van der Waals surface area contributed by atoms with E-state index in [2.05, 4.69) is 4.98 Å². The summed E-state index contributed by atoms with van der Waals surface area (Å²) in [4.78, 5) is 28.3. The van der Waals surface area contributed by atoms with Crippen LogP contribution in [0.1, 0.15) is 5.56 Å². The molecule has 4 rings (SSSR count). The van der Waals surface area contributed by atoms with E-state index in [1.807, 2.05) is 0 Å². The van der Waals surface area contributed by atoms with Gasteiger partial charge < -0.3 is 5.73 Å². The van der Waals surface area contributed by atoms with Crippen LogP contribution in [0.25, 0.3) is 21.3 Å². The van der Waals surface area contributed by atoms with Gasteiger partial charge in [-0.2, -0.15) is 4.98 Å². The maximum atomic E-state index is 12.4. The van der Waals surface area contributed by atoms with E-state index in [0.717, 1.165) is 6.26 Å². The van der Waals surface area contributed by atoms with Crippen molar-refractivity contribution in [2.45, 2.75) is 4.90 Å². The van der Waals surface area contributed by atoms with Crippen molar-refractivity contribution in [2.24, 2.45) is 0 Å². The van der Waals surface area contributed by atoms with Crippen molar-refractivity contribution in [1.82, 2.24) is 9.38 Å². The molecule has 1 aliphatic rings. The van der Waals surface area contributed by atoms with Crippen molar-refractivity contribution < 1.29 is 13.2 Å². The Balaban J connectivity index is 1.98. The number of benzene rings is 1. The van der Waals surface area contributed by atoms with Gasteiger partial charge in [0.2, 0.25) is 0 Å². The number of carbonyl (C=O) groups is 1. The van der Waals surface area contributed by atoms with Gasteiger partial charge in [0.1, 0.15) is 5.82 Å². The Labute approximate surface area is 157 Å². The second kappa shape index (κ2) is 6.00. The Hall–Kier alpha value is -3.04. The van der Waals surface area contributed by atoms with Gasteiger partial charge in [-0.3, -0.25) is 14.0 Å². The topological polar surface area (TPSA) is 112 Å². The fourth-order valence-corrected chi connectivity index (χ4v) is 4.57. The summed E-state index contributed by atoms with van der Waals surface area (Å²) in [7, 11) is -3.35. The number of anilines is 1. The second-order valence-corrected chi connectivity index (χ2v) is 9.08. The van der Waals surface area contributed by atoms with Crippen molar-refractivity contribution in [1.29, 1.82) is 0 Å². The number of nitrogens with zero attached hydrogens (tertiary/aromatic N) is 2. The molecule has 7 nitrogen and oxygen atoms in total. The fraction of sp³-hybridized carbons (Fsp3) is 0.0556. The van der Waals surface area contributed by atoms with Gasteiger partial charge in [-0.25, -0.2) is 8.42 Å². The highest BCUT2D eigenvalue weighted by atomic mass is 32.2. The highest BCUT2D eigenvalue weighted by molar-refractivity contribution is 7.90. The van der Waals surface area contributed by atoms with Crippen LogP contribution in [-0.2, 0) is 14.6 Å². The SMILES string of the molecule is CS(=O)(=O)c1ccc2c(c1)sc1nc(=O)c(C=C3C=CC(=O)C=C3)c(N)n12. The van der Waals surface area contributed by atoms with Gasteiger partial charge in [-0.1, -0.05) is 23.5 Å². The number of aromatic nitrogens is 2. The molecule has 3 aromatic rings. The Bertz CT molecular complexity index is 1370. The van der Waals surface area contributed by atoms with E-state index >= 15 is 0 Å². The van der Waals surface area contributed by atoms with Crippen molar-refractivity contribution in [3.8, 4) is 0 Å². The van der Waals surface area contributed by atoms with Crippen molar-refractivity contribution in [3.63, 3.8) is 0 Å². The van der Waals surface area contributed by atoms with Crippen LogP contribution < -0.4 is 11.3 Å². The predicted octanol–water partition coefficient (Wildman–Crippen LogP) is 1.97. The van der Waals surface area contributed by atoms with Crippen LogP contribution in [0.4, 0.5) is 5.82 Å². The average Bonchev–Trinajstić information content (AvgIpc) is 2.96. The summed E-state index contributed by atoms with van der Waals surface area (Å²) < 4.78 is 25.8. The quantitative estimate of drug-likeness (QED) is 0.705. The van der Waals surface area contributed by atoms with Crippen molar-refractivity contribution >= 4 is 54.0 Å². The average molecular weight is 399 g/mol. The number of hydrogen-bond donors (Lipinski definition) is 1. The first kappa shape index (κ1) is 17.4. The number of nitrogens with two attached hydrogens (primary N) is 1. The first-order chi connectivity index (χ1) is 12.7. The van der Waals surface area contributed by atoms with Crippen LogP contribution in [0.3, 0.4) is 0 Å². The highest BCUT2D eigenvalue weighted by Crippen LogP contribution is 2.30. The minimum atomic E-state index is -3.35. The smallest absolute Gasteiger partial charge is 0.283 e. The highest BCUT2D eigenvalue weighted by Gasteiger charge is 2.16. The van der Waals surface area contributed by atoms with Crippen LogP contribution in [-0.4, -0.2) is 29.8 Å². The van der Waals surface area contributed by atoms with Gasteiger partial charge in [-0.15, -0.1) is 0 Å². The summed E-state index contributed by atoms with van der Waals surface area (Å²) in [5.41, 5.74) is 7.28. The summed E-state index contributed by atoms with van der Waals surface area (Å²) in [6, 6.07) is 4.69. The van der Waals surface area contributed by atoms with Gasteiger partial charge in [0.15, 0.2) is 20.6 Å². The van der Waals surface area contributed by atoms with E-state index in [1.165, 1.54) is 29.6 Å². The van der Waals surface area contributed by atoms with Crippen molar-refractivity contribution in [2.75, 3.05) is 12.0 Å². The van der Waals surface area contributed by atoms with E-state index in [9.17, 15) is 18.0 Å². The van der Waals surface area contributed by atoms with Gasteiger partial charge in [-0.05, 0) is 42.0 Å². The van der Waals surface area contributed by atoms with E-state index in [-0.39, 0.29) is 22.1 Å². The summed E-state index contributed by atoms with van der Waals surface area (Å²) in [5, 5.41) is 0. The molecule has 0 spiro atoms. The Morgan fingerprint density at radius 1 is 1.15 bits per heavy atom. The second-order valence-electron chi connectivity index (χ2n) is 6.05. The lowest BCUT2D eigenvalue weighted by Crippen LogP contribution is -2.16. The molecule has 0 bridgehead atoms. The number of thiazole rings is 1. The maximum absolute atomic E-state index is 12.4. The van der Waals surface area contributed by atoms with Gasteiger partial charge >= 0.3 is 0 Å². The van der Waals surface area contributed by atoms with Crippen LogP contribution in [0, 0.1) is 0 Å².